The van der Waals surface area contributed by atoms with Gasteiger partial charge in [0.05, 0.1) is 18.0 Å². The monoisotopic (exact) mass is 446 g/mol. The number of aryl methyl sites for hydroxylation is 1. The Morgan fingerprint density at radius 2 is 1.61 bits per heavy atom. The van der Waals surface area contributed by atoms with Crippen molar-refractivity contribution in [2.45, 2.75) is 52.6 Å². The first-order valence-corrected chi connectivity index (χ1v) is 12.5. The third-order valence-corrected chi connectivity index (χ3v) is 5.94. The number of hydrogen-bond donors (Lipinski definition) is 1. The number of benzene rings is 2. The summed E-state index contributed by atoms with van der Waals surface area (Å²) in [6, 6.07) is 15.2. The molecule has 0 heterocycles. The predicted octanol–water partition coefficient (Wildman–Crippen LogP) is 4.11. The Hall–Kier alpha value is -2.54. The molecular formula is C24H34N2O4S. The molecule has 170 valence electrons. The van der Waals surface area contributed by atoms with Crippen molar-refractivity contribution in [2.24, 2.45) is 0 Å². The van der Waals surface area contributed by atoms with Crippen LogP contribution < -0.4 is 14.4 Å². The first-order chi connectivity index (χ1) is 14.6. The van der Waals surface area contributed by atoms with E-state index < -0.39 is 10.0 Å². The molecule has 2 rings (SSSR count). The van der Waals surface area contributed by atoms with E-state index in [0.29, 0.717) is 18.2 Å². The molecule has 31 heavy (non-hydrogen) atoms. The molecule has 1 amide bonds. The molecule has 0 fully saturated rings. The van der Waals surface area contributed by atoms with Gasteiger partial charge >= 0.3 is 0 Å². The van der Waals surface area contributed by atoms with E-state index in [-0.39, 0.29) is 18.6 Å². The number of nitrogens with zero attached hydrogens (tertiary/aromatic N) is 1. The van der Waals surface area contributed by atoms with Crippen LogP contribution in [0.5, 0.6) is 5.75 Å². The first-order valence-electron chi connectivity index (χ1n) is 10.7. The van der Waals surface area contributed by atoms with Crippen molar-refractivity contribution in [3.05, 3.63) is 59.7 Å². The molecular weight excluding hydrogens is 412 g/mol. The Morgan fingerprint density at radius 3 is 2.13 bits per heavy atom. The third kappa shape index (κ3) is 8.25. The summed E-state index contributed by atoms with van der Waals surface area (Å²) in [5.74, 6) is 0.872. The number of carbonyl (C=O) groups is 1. The van der Waals surface area contributed by atoms with E-state index in [0.717, 1.165) is 40.3 Å². The topological polar surface area (TPSA) is 75.7 Å². The van der Waals surface area contributed by atoms with Gasteiger partial charge in [-0.1, -0.05) is 38.1 Å². The van der Waals surface area contributed by atoms with Gasteiger partial charge in [0.15, 0.2) is 0 Å². The molecule has 0 unspecified atom stereocenters. The minimum Gasteiger partial charge on any atom is -0.491 e. The van der Waals surface area contributed by atoms with Crippen molar-refractivity contribution < 1.29 is 17.9 Å². The van der Waals surface area contributed by atoms with Gasteiger partial charge in [-0.05, 0) is 68.0 Å². The normalized spacial score (nSPS) is 11.6. The molecule has 0 aliphatic rings. The molecule has 0 radical (unpaired) electrons. The number of ether oxygens (including phenoxy) is 1. The van der Waals surface area contributed by atoms with Crippen LogP contribution >= 0.6 is 0 Å². The lowest BCUT2D eigenvalue weighted by atomic mass is 10.0. The molecule has 7 heteroatoms. The molecule has 0 bridgehead atoms. The van der Waals surface area contributed by atoms with Crippen molar-refractivity contribution in [3.63, 3.8) is 0 Å². The second kappa shape index (κ2) is 11.2. The number of amides is 1. The van der Waals surface area contributed by atoms with E-state index in [1.807, 2.05) is 50.2 Å². The molecule has 0 aliphatic carbocycles. The predicted molar refractivity (Wildman–Crippen MR) is 126 cm³/mol. The Morgan fingerprint density at radius 1 is 1.00 bits per heavy atom. The smallest absolute Gasteiger partial charge is 0.240 e. The van der Waals surface area contributed by atoms with Crippen LogP contribution in [-0.2, 0) is 21.2 Å². The number of anilines is 1. The van der Waals surface area contributed by atoms with Crippen LogP contribution in [-0.4, -0.2) is 39.8 Å². The molecule has 6 nitrogen and oxygen atoms in total. The molecule has 0 spiro atoms. The van der Waals surface area contributed by atoms with Crippen molar-refractivity contribution in [2.75, 3.05) is 23.7 Å². The molecule has 2 aromatic carbocycles. The SMILES string of the molecule is CC(C)Oc1ccc(CCCNC(=O)CN(c2ccc(C(C)C)cc2)S(C)(=O)=O)cc1. The maximum absolute atomic E-state index is 12.4. The van der Waals surface area contributed by atoms with E-state index in [4.69, 9.17) is 4.74 Å². The van der Waals surface area contributed by atoms with Gasteiger partial charge in [-0.3, -0.25) is 9.10 Å². The first kappa shape index (κ1) is 24.7. The van der Waals surface area contributed by atoms with Crippen molar-refractivity contribution in [3.8, 4) is 5.75 Å². The molecule has 0 saturated carbocycles. The third-order valence-electron chi connectivity index (χ3n) is 4.79. The Labute approximate surface area is 186 Å². The van der Waals surface area contributed by atoms with Gasteiger partial charge in [0.25, 0.3) is 0 Å². The summed E-state index contributed by atoms with van der Waals surface area (Å²) in [4.78, 5) is 12.4. The van der Waals surface area contributed by atoms with Crippen LogP contribution in [0.1, 0.15) is 51.2 Å². The van der Waals surface area contributed by atoms with Gasteiger partial charge in [-0.25, -0.2) is 8.42 Å². The quantitative estimate of drug-likeness (QED) is 0.527. The highest BCUT2D eigenvalue weighted by Gasteiger charge is 2.20. The lowest BCUT2D eigenvalue weighted by Gasteiger charge is -2.22. The molecule has 0 saturated heterocycles. The van der Waals surface area contributed by atoms with Gasteiger partial charge < -0.3 is 10.1 Å². The lowest BCUT2D eigenvalue weighted by Crippen LogP contribution is -2.40. The summed E-state index contributed by atoms with van der Waals surface area (Å²) in [6.07, 6.45) is 2.83. The van der Waals surface area contributed by atoms with Crippen LogP contribution in [0.2, 0.25) is 0 Å². The standard InChI is InChI=1S/C24H34N2O4S/c1-18(2)21-10-12-22(13-11-21)26(31(5,28)29)17-24(27)25-16-6-7-20-8-14-23(15-9-20)30-19(3)4/h8-15,18-19H,6-7,16-17H2,1-5H3,(H,25,27). The zero-order valence-electron chi connectivity index (χ0n) is 19.1. The summed E-state index contributed by atoms with van der Waals surface area (Å²) in [7, 11) is -3.57. The fraction of sp³-hybridized carbons (Fsp3) is 0.458. The number of carbonyl (C=O) groups excluding carboxylic acids is 1. The summed E-state index contributed by atoms with van der Waals surface area (Å²) < 4.78 is 31.2. The summed E-state index contributed by atoms with van der Waals surface area (Å²) in [6.45, 7) is 8.37. The Bertz CT molecular complexity index is 937. The molecule has 2 aromatic rings. The lowest BCUT2D eigenvalue weighted by molar-refractivity contribution is -0.119. The van der Waals surface area contributed by atoms with Crippen molar-refractivity contribution >= 4 is 21.6 Å². The highest BCUT2D eigenvalue weighted by Crippen LogP contribution is 2.22. The fourth-order valence-electron chi connectivity index (χ4n) is 3.14. The Balaban J connectivity index is 1.86. The number of rotatable bonds is 11. The zero-order valence-corrected chi connectivity index (χ0v) is 19.9. The molecule has 0 aromatic heterocycles. The second-order valence-corrected chi connectivity index (χ2v) is 10.2. The van der Waals surface area contributed by atoms with Crippen LogP contribution in [0, 0.1) is 0 Å². The minimum absolute atomic E-state index is 0.140. The van der Waals surface area contributed by atoms with Crippen LogP contribution in [0.25, 0.3) is 0 Å². The number of sulfonamides is 1. The largest absolute Gasteiger partial charge is 0.491 e. The van der Waals surface area contributed by atoms with Gasteiger partial charge in [-0.15, -0.1) is 0 Å². The minimum atomic E-state index is -3.57. The highest BCUT2D eigenvalue weighted by molar-refractivity contribution is 7.92. The van der Waals surface area contributed by atoms with Crippen molar-refractivity contribution in [1.29, 1.82) is 0 Å². The van der Waals surface area contributed by atoms with Gasteiger partial charge in [-0.2, -0.15) is 0 Å². The maximum atomic E-state index is 12.4. The fourth-order valence-corrected chi connectivity index (χ4v) is 4.00. The van der Waals surface area contributed by atoms with E-state index in [2.05, 4.69) is 19.2 Å². The van der Waals surface area contributed by atoms with E-state index in [9.17, 15) is 13.2 Å². The highest BCUT2D eigenvalue weighted by atomic mass is 32.2. The molecule has 0 atom stereocenters. The Kier molecular flexibility index (Phi) is 8.92. The number of nitrogens with one attached hydrogen (secondary N) is 1. The second-order valence-electron chi connectivity index (χ2n) is 8.28. The molecule has 1 N–H and O–H groups in total. The van der Waals surface area contributed by atoms with Crippen LogP contribution in [0.4, 0.5) is 5.69 Å². The average Bonchev–Trinajstić information content (AvgIpc) is 2.69. The summed E-state index contributed by atoms with van der Waals surface area (Å²) >= 11 is 0. The van der Waals surface area contributed by atoms with Crippen LogP contribution in [0.15, 0.2) is 48.5 Å². The van der Waals surface area contributed by atoms with Gasteiger partial charge in [0, 0.05) is 6.54 Å². The van der Waals surface area contributed by atoms with Crippen LogP contribution in [0.3, 0.4) is 0 Å². The van der Waals surface area contributed by atoms with Gasteiger partial charge in [0.2, 0.25) is 15.9 Å². The summed E-state index contributed by atoms with van der Waals surface area (Å²) in [5, 5.41) is 2.82. The van der Waals surface area contributed by atoms with Gasteiger partial charge in [0.1, 0.15) is 12.3 Å². The van der Waals surface area contributed by atoms with E-state index in [1.54, 1.807) is 12.1 Å². The van der Waals surface area contributed by atoms with Crippen molar-refractivity contribution in [1.82, 2.24) is 5.32 Å². The zero-order chi connectivity index (χ0) is 23.0. The average molecular weight is 447 g/mol. The summed E-state index contributed by atoms with van der Waals surface area (Å²) in [5.41, 5.74) is 2.77. The maximum Gasteiger partial charge on any atom is 0.240 e. The number of hydrogen-bond acceptors (Lipinski definition) is 4. The van der Waals surface area contributed by atoms with E-state index in [1.165, 1.54) is 0 Å². The van der Waals surface area contributed by atoms with E-state index >= 15 is 0 Å². The molecule has 0 aliphatic heterocycles.